The third-order valence-corrected chi connectivity index (χ3v) is 10.3. The SMILES string of the molecule is CCCCCCCCCCCCCCCC[C@@H](O)[C@@H](O)[C@H](CO[C@@H]1O[C@H](CO)[C@@H](O)C(O)C1O)NC(=O)CCCCCCCCCCCCC. The zero-order valence-electron chi connectivity index (χ0n) is 32.0. The van der Waals surface area contributed by atoms with Crippen molar-refractivity contribution in [1.82, 2.24) is 5.32 Å². The highest BCUT2D eigenvalue weighted by molar-refractivity contribution is 5.76. The van der Waals surface area contributed by atoms with E-state index in [1.54, 1.807) is 0 Å². The Balaban J connectivity index is 2.45. The Labute approximate surface area is 305 Å². The van der Waals surface area contributed by atoms with Gasteiger partial charge in [0.05, 0.1) is 25.4 Å². The lowest BCUT2D eigenvalue weighted by Crippen LogP contribution is -2.60. The first-order valence-electron chi connectivity index (χ1n) is 20.8. The zero-order valence-corrected chi connectivity index (χ0v) is 32.0. The van der Waals surface area contributed by atoms with Gasteiger partial charge in [-0.1, -0.05) is 168 Å². The molecule has 0 bridgehead atoms. The van der Waals surface area contributed by atoms with E-state index >= 15 is 0 Å². The topological polar surface area (TPSA) is 169 Å². The average molecular weight is 718 g/mol. The molecule has 50 heavy (non-hydrogen) atoms. The van der Waals surface area contributed by atoms with Crippen LogP contribution in [0.1, 0.15) is 187 Å². The van der Waals surface area contributed by atoms with E-state index in [9.17, 15) is 35.4 Å². The number of nitrogens with one attached hydrogen (secondary N) is 1. The maximum atomic E-state index is 12.9. The van der Waals surface area contributed by atoms with Gasteiger partial charge in [0.1, 0.15) is 30.5 Å². The maximum absolute atomic E-state index is 12.9. The van der Waals surface area contributed by atoms with E-state index in [0.29, 0.717) is 6.42 Å². The van der Waals surface area contributed by atoms with Crippen molar-refractivity contribution in [2.24, 2.45) is 0 Å². The van der Waals surface area contributed by atoms with Crippen molar-refractivity contribution in [2.75, 3.05) is 13.2 Å². The number of hydrogen-bond donors (Lipinski definition) is 7. The Bertz CT molecular complexity index is 773. The number of unbranched alkanes of at least 4 members (excludes halogenated alkanes) is 23. The maximum Gasteiger partial charge on any atom is 0.220 e. The first-order chi connectivity index (χ1) is 24.3. The van der Waals surface area contributed by atoms with Gasteiger partial charge in [-0.3, -0.25) is 4.79 Å². The van der Waals surface area contributed by atoms with Crippen LogP contribution in [0.15, 0.2) is 0 Å². The predicted molar refractivity (Wildman–Crippen MR) is 200 cm³/mol. The highest BCUT2D eigenvalue weighted by atomic mass is 16.7. The Morgan fingerprint density at radius 3 is 1.48 bits per heavy atom. The Morgan fingerprint density at radius 1 is 0.620 bits per heavy atom. The van der Waals surface area contributed by atoms with Crippen LogP contribution in [0.5, 0.6) is 0 Å². The molecule has 10 heteroatoms. The van der Waals surface area contributed by atoms with Gasteiger partial charge in [-0.05, 0) is 12.8 Å². The van der Waals surface area contributed by atoms with E-state index in [2.05, 4.69) is 19.2 Å². The van der Waals surface area contributed by atoms with Crippen LogP contribution in [0.3, 0.4) is 0 Å². The Kier molecular flexibility index (Phi) is 29.9. The summed E-state index contributed by atoms with van der Waals surface area (Å²) in [4.78, 5) is 12.9. The van der Waals surface area contributed by atoms with Gasteiger partial charge in [-0.15, -0.1) is 0 Å². The van der Waals surface area contributed by atoms with Crippen molar-refractivity contribution in [3.05, 3.63) is 0 Å². The quantitative estimate of drug-likeness (QED) is 0.0364. The molecule has 1 fully saturated rings. The molecule has 8 atom stereocenters. The van der Waals surface area contributed by atoms with Gasteiger partial charge < -0.3 is 45.4 Å². The van der Waals surface area contributed by atoms with Crippen LogP contribution in [0.2, 0.25) is 0 Å². The lowest BCUT2D eigenvalue weighted by Gasteiger charge is -2.40. The lowest BCUT2D eigenvalue weighted by molar-refractivity contribution is -0.303. The van der Waals surface area contributed by atoms with Gasteiger partial charge in [-0.2, -0.15) is 0 Å². The van der Waals surface area contributed by atoms with Gasteiger partial charge in [0.15, 0.2) is 6.29 Å². The molecule has 1 rings (SSSR count). The molecule has 1 amide bonds. The summed E-state index contributed by atoms with van der Waals surface area (Å²) in [5.41, 5.74) is 0. The summed E-state index contributed by atoms with van der Waals surface area (Å²) in [6.07, 6.45) is 21.1. The van der Waals surface area contributed by atoms with Crippen LogP contribution in [-0.2, 0) is 14.3 Å². The van der Waals surface area contributed by atoms with Crippen LogP contribution in [0, 0.1) is 0 Å². The number of hydrogen-bond acceptors (Lipinski definition) is 9. The Hall–Kier alpha value is -0.850. The van der Waals surface area contributed by atoms with Gasteiger partial charge in [-0.25, -0.2) is 0 Å². The first-order valence-corrected chi connectivity index (χ1v) is 20.8. The van der Waals surface area contributed by atoms with Crippen molar-refractivity contribution in [3.63, 3.8) is 0 Å². The fraction of sp³-hybridized carbons (Fsp3) is 0.975. The fourth-order valence-electron chi connectivity index (χ4n) is 6.84. The number of carbonyl (C=O) groups is 1. The third kappa shape index (κ3) is 22.3. The molecule has 298 valence electrons. The smallest absolute Gasteiger partial charge is 0.220 e. The van der Waals surface area contributed by atoms with E-state index < -0.39 is 55.6 Å². The molecule has 0 aromatic heterocycles. The summed E-state index contributed by atoms with van der Waals surface area (Å²) >= 11 is 0. The van der Waals surface area contributed by atoms with Crippen LogP contribution in [0.4, 0.5) is 0 Å². The van der Waals surface area contributed by atoms with E-state index in [-0.39, 0.29) is 18.9 Å². The summed E-state index contributed by atoms with van der Waals surface area (Å²) in [6, 6.07) is -0.982. The normalized spacial score (nSPS) is 22.8. The summed E-state index contributed by atoms with van der Waals surface area (Å²) in [6.45, 7) is 3.58. The standard InChI is InChI=1S/C40H79NO9/c1-3-5-7-9-11-13-15-16-17-19-20-22-24-26-28-33(43)36(45)32(31-49-40-39(48)38(47)37(46)34(30-42)50-40)41-35(44)29-27-25-23-21-18-14-12-10-8-6-4-2/h32-34,36-40,42-43,45-48H,3-31H2,1-2H3,(H,41,44)/t32-,33+,34+,36-,37+,38?,39?,40+/m0/s1. The van der Waals surface area contributed by atoms with E-state index in [1.165, 1.54) is 116 Å². The molecule has 0 spiro atoms. The summed E-state index contributed by atoms with van der Waals surface area (Å²) in [5.74, 6) is -0.258. The molecule has 10 nitrogen and oxygen atoms in total. The van der Waals surface area contributed by atoms with Crippen molar-refractivity contribution < 1.29 is 44.9 Å². The van der Waals surface area contributed by atoms with E-state index in [4.69, 9.17) is 9.47 Å². The van der Waals surface area contributed by atoms with Gasteiger partial charge in [0.25, 0.3) is 0 Å². The minimum Gasteiger partial charge on any atom is -0.394 e. The molecule has 0 aromatic rings. The van der Waals surface area contributed by atoms with Crippen LogP contribution in [-0.4, -0.2) is 98.7 Å². The first kappa shape index (κ1) is 47.2. The molecular weight excluding hydrogens is 638 g/mol. The average Bonchev–Trinajstić information content (AvgIpc) is 3.11. The number of amides is 1. The van der Waals surface area contributed by atoms with Gasteiger partial charge >= 0.3 is 0 Å². The second-order valence-electron chi connectivity index (χ2n) is 14.9. The minimum absolute atomic E-state index is 0.258. The molecular formula is C40H79NO9. The number of carbonyl (C=O) groups excluding carboxylic acids is 1. The van der Waals surface area contributed by atoms with Crippen LogP contribution < -0.4 is 5.32 Å². The molecule has 0 aromatic carbocycles. The monoisotopic (exact) mass is 718 g/mol. The lowest BCUT2D eigenvalue weighted by atomic mass is 9.98. The van der Waals surface area contributed by atoms with Gasteiger partial charge in [0.2, 0.25) is 5.91 Å². The van der Waals surface area contributed by atoms with Crippen molar-refractivity contribution in [1.29, 1.82) is 0 Å². The fourth-order valence-corrected chi connectivity index (χ4v) is 6.84. The number of aliphatic hydroxyl groups is 6. The molecule has 0 radical (unpaired) electrons. The molecule has 1 saturated heterocycles. The third-order valence-electron chi connectivity index (χ3n) is 10.3. The predicted octanol–water partition coefficient (Wildman–Crippen LogP) is 6.58. The highest BCUT2D eigenvalue weighted by Gasteiger charge is 2.44. The highest BCUT2D eigenvalue weighted by Crippen LogP contribution is 2.23. The molecule has 1 heterocycles. The Morgan fingerprint density at radius 2 is 1.04 bits per heavy atom. The van der Waals surface area contributed by atoms with E-state index in [0.717, 1.165) is 44.9 Å². The molecule has 1 aliphatic rings. The second kappa shape index (κ2) is 31.7. The number of aliphatic hydroxyl groups excluding tert-OH is 6. The zero-order chi connectivity index (χ0) is 36.8. The van der Waals surface area contributed by atoms with Crippen molar-refractivity contribution in [3.8, 4) is 0 Å². The van der Waals surface area contributed by atoms with Crippen LogP contribution in [0.25, 0.3) is 0 Å². The molecule has 2 unspecified atom stereocenters. The van der Waals surface area contributed by atoms with Crippen LogP contribution >= 0.6 is 0 Å². The minimum atomic E-state index is -1.60. The molecule has 0 saturated carbocycles. The van der Waals surface area contributed by atoms with E-state index in [1.807, 2.05) is 0 Å². The second-order valence-corrected chi connectivity index (χ2v) is 14.9. The van der Waals surface area contributed by atoms with Crippen molar-refractivity contribution >= 4 is 5.91 Å². The summed E-state index contributed by atoms with van der Waals surface area (Å²) in [5, 5.41) is 64.9. The molecule has 7 N–H and O–H groups in total. The summed E-state index contributed by atoms with van der Waals surface area (Å²) < 4.78 is 11.1. The molecule has 1 aliphatic heterocycles. The number of ether oxygens (including phenoxy) is 2. The summed E-state index contributed by atoms with van der Waals surface area (Å²) in [7, 11) is 0. The van der Waals surface area contributed by atoms with Gasteiger partial charge in [0, 0.05) is 6.42 Å². The number of rotatable bonds is 34. The van der Waals surface area contributed by atoms with Crippen molar-refractivity contribution in [2.45, 2.75) is 236 Å². The largest absolute Gasteiger partial charge is 0.394 e. The molecule has 0 aliphatic carbocycles.